The standard InChI is InChI=1S/C13H16BrIN2O/c14-8-1-6-12(15)11(7-8)13(18)17-10-4-2-9(16)3-5-10/h1,6-7,9-10H,2-5,16H2,(H,17,18). The van der Waals surface area contributed by atoms with Crippen LogP contribution in [0, 0.1) is 3.57 Å². The average molecular weight is 423 g/mol. The van der Waals surface area contributed by atoms with Crippen molar-refractivity contribution in [1.82, 2.24) is 5.32 Å². The molecule has 0 atom stereocenters. The van der Waals surface area contributed by atoms with Gasteiger partial charge in [-0.3, -0.25) is 4.79 Å². The molecule has 2 rings (SSSR count). The first kappa shape index (κ1) is 14.3. The van der Waals surface area contributed by atoms with Crippen molar-refractivity contribution in [3.05, 3.63) is 31.8 Å². The fraction of sp³-hybridized carbons (Fsp3) is 0.462. The van der Waals surface area contributed by atoms with Crippen LogP contribution in [0.2, 0.25) is 0 Å². The number of carbonyl (C=O) groups excluding carboxylic acids is 1. The highest BCUT2D eigenvalue weighted by atomic mass is 127. The summed E-state index contributed by atoms with van der Waals surface area (Å²) in [6, 6.07) is 6.33. The van der Waals surface area contributed by atoms with Crippen molar-refractivity contribution in [3.63, 3.8) is 0 Å². The SMILES string of the molecule is NC1CCC(NC(=O)c2cc(Br)ccc2I)CC1. The van der Waals surface area contributed by atoms with Crippen LogP contribution < -0.4 is 11.1 Å². The second-order valence-electron chi connectivity index (χ2n) is 4.71. The molecule has 1 aromatic carbocycles. The van der Waals surface area contributed by atoms with Crippen molar-refractivity contribution in [2.45, 2.75) is 37.8 Å². The molecular weight excluding hydrogens is 407 g/mol. The second-order valence-corrected chi connectivity index (χ2v) is 6.79. The van der Waals surface area contributed by atoms with Gasteiger partial charge in [0.2, 0.25) is 0 Å². The van der Waals surface area contributed by atoms with E-state index in [4.69, 9.17) is 5.73 Å². The van der Waals surface area contributed by atoms with Gasteiger partial charge in [-0.2, -0.15) is 0 Å². The zero-order chi connectivity index (χ0) is 13.1. The molecule has 1 fully saturated rings. The molecule has 3 nitrogen and oxygen atoms in total. The number of carbonyl (C=O) groups is 1. The van der Waals surface area contributed by atoms with Crippen molar-refractivity contribution < 1.29 is 4.79 Å². The summed E-state index contributed by atoms with van der Waals surface area (Å²) in [5, 5.41) is 3.10. The van der Waals surface area contributed by atoms with Gasteiger partial charge < -0.3 is 11.1 Å². The van der Waals surface area contributed by atoms with Crippen LogP contribution in [0.15, 0.2) is 22.7 Å². The van der Waals surface area contributed by atoms with Crippen molar-refractivity contribution >= 4 is 44.4 Å². The summed E-state index contributed by atoms with van der Waals surface area (Å²) in [5.41, 5.74) is 6.60. The summed E-state index contributed by atoms with van der Waals surface area (Å²) in [6.07, 6.45) is 3.97. The Kier molecular flexibility index (Phi) is 5.03. The summed E-state index contributed by atoms with van der Waals surface area (Å²) >= 11 is 5.59. The predicted octanol–water partition coefficient (Wildman–Crippen LogP) is 3.05. The van der Waals surface area contributed by atoms with Crippen LogP contribution in [-0.2, 0) is 0 Å². The van der Waals surface area contributed by atoms with Gasteiger partial charge in [0.1, 0.15) is 0 Å². The molecule has 1 saturated carbocycles. The number of hydrogen-bond donors (Lipinski definition) is 2. The third kappa shape index (κ3) is 3.68. The minimum Gasteiger partial charge on any atom is -0.349 e. The molecule has 0 aromatic heterocycles. The number of nitrogens with one attached hydrogen (secondary N) is 1. The van der Waals surface area contributed by atoms with E-state index in [1.807, 2.05) is 18.2 Å². The number of nitrogens with two attached hydrogens (primary N) is 1. The van der Waals surface area contributed by atoms with Crippen LogP contribution in [0.4, 0.5) is 0 Å². The molecule has 1 aromatic rings. The molecule has 0 aliphatic heterocycles. The zero-order valence-electron chi connectivity index (χ0n) is 9.96. The van der Waals surface area contributed by atoms with E-state index in [1.165, 1.54) is 0 Å². The molecular formula is C13H16BrIN2O. The number of benzene rings is 1. The normalized spacial score (nSPS) is 23.7. The van der Waals surface area contributed by atoms with Gasteiger partial charge in [-0.25, -0.2) is 0 Å². The Morgan fingerprint density at radius 2 is 2.00 bits per heavy atom. The fourth-order valence-electron chi connectivity index (χ4n) is 2.20. The highest BCUT2D eigenvalue weighted by molar-refractivity contribution is 14.1. The molecule has 1 aliphatic rings. The largest absolute Gasteiger partial charge is 0.349 e. The maximum Gasteiger partial charge on any atom is 0.252 e. The zero-order valence-corrected chi connectivity index (χ0v) is 13.7. The quantitative estimate of drug-likeness (QED) is 0.719. The van der Waals surface area contributed by atoms with E-state index in [-0.39, 0.29) is 11.9 Å². The lowest BCUT2D eigenvalue weighted by molar-refractivity contribution is 0.0925. The van der Waals surface area contributed by atoms with E-state index < -0.39 is 0 Å². The molecule has 0 unspecified atom stereocenters. The molecule has 0 spiro atoms. The van der Waals surface area contributed by atoms with Crippen LogP contribution in [0.3, 0.4) is 0 Å². The second kappa shape index (κ2) is 6.34. The van der Waals surface area contributed by atoms with Gasteiger partial charge in [0.15, 0.2) is 0 Å². The average Bonchev–Trinajstić information content (AvgIpc) is 2.35. The molecule has 3 N–H and O–H groups in total. The highest BCUT2D eigenvalue weighted by Gasteiger charge is 2.21. The van der Waals surface area contributed by atoms with E-state index in [9.17, 15) is 4.79 Å². The third-order valence-electron chi connectivity index (χ3n) is 3.28. The van der Waals surface area contributed by atoms with Gasteiger partial charge in [-0.1, -0.05) is 15.9 Å². The Labute approximate surface area is 129 Å². The maximum absolute atomic E-state index is 12.2. The lowest BCUT2D eigenvalue weighted by Crippen LogP contribution is -2.40. The first-order chi connectivity index (χ1) is 8.56. The molecule has 1 amide bonds. The van der Waals surface area contributed by atoms with E-state index in [0.717, 1.165) is 39.3 Å². The maximum atomic E-state index is 12.2. The summed E-state index contributed by atoms with van der Waals surface area (Å²) in [6.45, 7) is 0. The lowest BCUT2D eigenvalue weighted by Gasteiger charge is -2.27. The summed E-state index contributed by atoms with van der Waals surface area (Å²) in [5.74, 6) is 0.0150. The van der Waals surface area contributed by atoms with Gasteiger partial charge >= 0.3 is 0 Å². The molecule has 98 valence electrons. The van der Waals surface area contributed by atoms with Crippen molar-refractivity contribution in [2.24, 2.45) is 5.73 Å². The molecule has 0 heterocycles. The van der Waals surface area contributed by atoms with E-state index >= 15 is 0 Å². The minimum atomic E-state index is 0.0150. The smallest absolute Gasteiger partial charge is 0.252 e. The Hall–Kier alpha value is -0.140. The summed E-state index contributed by atoms with van der Waals surface area (Å²) in [4.78, 5) is 12.2. The van der Waals surface area contributed by atoms with Gasteiger partial charge in [0, 0.05) is 20.1 Å². The first-order valence-corrected chi connectivity index (χ1v) is 7.95. The number of rotatable bonds is 2. The number of halogens is 2. The first-order valence-electron chi connectivity index (χ1n) is 6.08. The number of hydrogen-bond acceptors (Lipinski definition) is 2. The summed E-state index contributed by atoms with van der Waals surface area (Å²) < 4.78 is 1.90. The molecule has 5 heteroatoms. The van der Waals surface area contributed by atoms with Gasteiger partial charge in [-0.15, -0.1) is 0 Å². The topological polar surface area (TPSA) is 55.1 Å². The molecule has 18 heavy (non-hydrogen) atoms. The predicted molar refractivity (Wildman–Crippen MR) is 84.6 cm³/mol. The Bertz CT molecular complexity index is 445. The van der Waals surface area contributed by atoms with Crippen LogP contribution in [-0.4, -0.2) is 18.0 Å². The molecule has 1 aliphatic carbocycles. The lowest BCUT2D eigenvalue weighted by atomic mass is 9.91. The van der Waals surface area contributed by atoms with Crippen LogP contribution in [0.1, 0.15) is 36.0 Å². The van der Waals surface area contributed by atoms with Crippen molar-refractivity contribution in [3.8, 4) is 0 Å². The summed E-state index contributed by atoms with van der Waals surface area (Å²) in [7, 11) is 0. The minimum absolute atomic E-state index is 0.0150. The highest BCUT2D eigenvalue weighted by Crippen LogP contribution is 2.21. The monoisotopic (exact) mass is 422 g/mol. The van der Waals surface area contributed by atoms with Gasteiger partial charge in [0.25, 0.3) is 5.91 Å². The van der Waals surface area contributed by atoms with Gasteiger partial charge in [-0.05, 0) is 66.5 Å². The van der Waals surface area contributed by atoms with E-state index in [0.29, 0.717) is 6.04 Å². The Morgan fingerprint density at radius 1 is 1.33 bits per heavy atom. The Balaban J connectivity index is 2.01. The van der Waals surface area contributed by atoms with Gasteiger partial charge in [0.05, 0.1) is 5.56 Å². The fourth-order valence-corrected chi connectivity index (χ4v) is 3.14. The van der Waals surface area contributed by atoms with Crippen LogP contribution >= 0.6 is 38.5 Å². The molecule has 0 saturated heterocycles. The Morgan fingerprint density at radius 3 is 2.67 bits per heavy atom. The van der Waals surface area contributed by atoms with Crippen molar-refractivity contribution in [1.29, 1.82) is 0 Å². The molecule has 0 bridgehead atoms. The van der Waals surface area contributed by atoms with Crippen LogP contribution in [0.25, 0.3) is 0 Å². The van der Waals surface area contributed by atoms with E-state index in [1.54, 1.807) is 0 Å². The number of amides is 1. The third-order valence-corrected chi connectivity index (χ3v) is 4.71. The van der Waals surface area contributed by atoms with E-state index in [2.05, 4.69) is 43.8 Å². The van der Waals surface area contributed by atoms with Crippen molar-refractivity contribution in [2.75, 3.05) is 0 Å². The molecule has 0 radical (unpaired) electrons. The van der Waals surface area contributed by atoms with Crippen LogP contribution in [0.5, 0.6) is 0 Å².